The Labute approximate surface area is 115 Å². The average Bonchev–Trinajstić information content (AvgIpc) is 2.37. The van der Waals surface area contributed by atoms with Crippen molar-refractivity contribution in [2.45, 2.75) is 31.8 Å². The van der Waals surface area contributed by atoms with Gasteiger partial charge in [0.15, 0.2) is 0 Å². The lowest BCUT2D eigenvalue weighted by Crippen LogP contribution is -2.52. The van der Waals surface area contributed by atoms with Crippen molar-refractivity contribution < 1.29 is 14.6 Å². The highest BCUT2D eigenvalue weighted by atomic mass is 16.5. The van der Waals surface area contributed by atoms with Crippen LogP contribution in [0, 0.1) is 11.3 Å². The maximum Gasteiger partial charge on any atom is 0.230 e. The van der Waals surface area contributed by atoms with Crippen LogP contribution in [0.15, 0.2) is 0 Å². The van der Waals surface area contributed by atoms with Gasteiger partial charge in [-0.25, -0.2) is 0 Å². The Morgan fingerprint density at radius 3 is 2.58 bits per heavy atom. The van der Waals surface area contributed by atoms with E-state index in [2.05, 4.69) is 5.32 Å². The molecule has 0 atom stereocenters. The van der Waals surface area contributed by atoms with Crippen molar-refractivity contribution in [3.8, 4) is 0 Å². The first-order chi connectivity index (χ1) is 9.07. The van der Waals surface area contributed by atoms with E-state index < -0.39 is 0 Å². The van der Waals surface area contributed by atoms with Crippen LogP contribution in [0.4, 0.5) is 0 Å². The maximum atomic E-state index is 12.7. The molecule has 2 aliphatic rings. The number of piperidine rings is 1. The number of amides is 1. The topological polar surface area (TPSA) is 61.8 Å². The normalized spacial score (nSPS) is 29.6. The molecule has 0 aromatic rings. The molecule has 0 aromatic heterocycles. The first-order valence-corrected chi connectivity index (χ1v) is 7.21. The monoisotopic (exact) mass is 270 g/mol. The molecular formula is C14H26N2O3. The number of ether oxygens (including phenoxy) is 1. The molecule has 5 heteroatoms. The van der Waals surface area contributed by atoms with Crippen LogP contribution in [0.5, 0.6) is 0 Å². The molecule has 2 rings (SSSR count). The van der Waals surface area contributed by atoms with Gasteiger partial charge >= 0.3 is 0 Å². The van der Waals surface area contributed by atoms with Gasteiger partial charge in [0, 0.05) is 20.7 Å². The van der Waals surface area contributed by atoms with Crippen LogP contribution >= 0.6 is 0 Å². The maximum absolute atomic E-state index is 12.7. The van der Waals surface area contributed by atoms with E-state index >= 15 is 0 Å². The average molecular weight is 270 g/mol. The molecule has 19 heavy (non-hydrogen) atoms. The number of hydrogen-bond acceptors (Lipinski definition) is 4. The Morgan fingerprint density at radius 2 is 2.05 bits per heavy atom. The second-order valence-corrected chi connectivity index (χ2v) is 6.14. The summed E-state index contributed by atoms with van der Waals surface area (Å²) in [5.41, 5.74) is -0.350. The lowest BCUT2D eigenvalue weighted by atomic mass is 9.77. The van der Waals surface area contributed by atoms with Crippen LogP contribution in [0.2, 0.25) is 0 Å². The number of aliphatic hydroxyl groups is 1. The number of carbonyl (C=O) groups is 1. The number of carbonyl (C=O) groups excluding carboxylic acids is 1. The summed E-state index contributed by atoms with van der Waals surface area (Å²) in [6, 6.07) is 0. The molecule has 5 nitrogen and oxygen atoms in total. The van der Waals surface area contributed by atoms with Gasteiger partial charge in [0.1, 0.15) is 0 Å². The number of rotatable bonds is 5. The molecule has 110 valence electrons. The Kier molecular flexibility index (Phi) is 4.81. The molecule has 1 aliphatic carbocycles. The van der Waals surface area contributed by atoms with Gasteiger partial charge < -0.3 is 20.1 Å². The second-order valence-electron chi connectivity index (χ2n) is 6.14. The van der Waals surface area contributed by atoms with E-state index in [1.165, 1.54) is 0 Å². The van der Waals surface area contributed by atoms with Crippen molar-refractivity contribution in [1.82, 2.24) is 10.2 Å². The summed E-state index contributed by atoms with van der Waals surface area (Å²) in [6.45, 7) is 3.02. The van der Waals surface area contributed by atoms with E-state index in [9.17, 15) is 9.90 Å². The molecular weight excluding hydrogens is 244 g/mol. The predicted octanol–water partition coefficient (Wildman–Crippen LogP) is 0.232. The van der Waals surface area contributed by atoms with Crippen molar-refractivity contribution in [3.63, 3.8) is 0 Å². The minimum atomic E-state index is -0.350. The zero-order chi connectivity index (χ0) is 13.9. The van der Waals surface area contributed by atoms with Crippen LogP contribution < -0.4 is 5.32 Å². The number of methoxy groups -OCH3 is 1. The fourth-order valence-corrected chi connectivity index (χ4v) is 3.33. The molecule has 0 bridgehead atoms. The first kappa shape index (κ1) is 14.8. The van der Waals surface area contributed by atoms with Gasteiger partial charge in [-0.05, 0) is 44.7 Å². The Morgan fingerprint density at radius 1 is 1.42 bits per heavy atom. The third-order valence-corrected chi connectivity index (χ3v) is 4.52. The fraction of sp³-hybridized carbons (Fsp3) is 0.929. The van der Waals surface area contributed by atoms with Crippen LogP contribution in [-0.2, 0) is 9.53 Å². The summed E-state index contributed by atoms with van der Waals surface area (Å²) >= 11 is 0. The largest absolute Gasteiger partial charge is 0.393 e. The number of hydrogen-bond donors (Lipinski definition) is 2. The Bertz CT molecular complexity index is 304. The quantitative estimate of drug-likeness (QED) is 0.751. The van der Waals surface area contributed by atoms with E-state index in [1.54, 1.807) is 7.11 Å². The lowest BCUT2D eigenvalue weighted by Gasteiger charge is -2.41. The van der Waals surface area contributed by atoms with E-state index in [4.69, 9.17) is 4.74 Å². The summed E-state index contributed by atoms with van der Waals surface area (Å²) < 4.78 is 5.30. The van der Waals surface area contributed by atoms with E-state index in [1.807, 2.05) is 11.9 Å². The SMILES string of the molecule is COCC1(C(=O)N(C)CC2CC(O)C2)CCNCC1. The van der Waals surface area contributed by atoms with Gasteiger partial charge in [-0.3, -0.25) is 4.79 Å². The zero-order valence-electron chi connectivity index (χ0n) is 12.0. The van der Waals surface area contributed by atoms with Gasteiger partial charge in [0.25, 0.3) is 0 Å². The fourth-order valence-electron chi connectivity index (χ4n) is 3.33. The molecule has 1 amide bonds. The van der Waals surface area contributed by atoms with Crippen LogP contribution in [0.3, 0.4) is 0 Å². The highest BCUT2D eigenvalue weighted by molar-refractivity contribution is 5.83. The minimum Gasteiger partial charge on any atom is -0.393 e. The smallest absolute Gasteiger partial charge is 0.230 e. The lowest BCUT2D eigenvalue weighted by molar-refractivity contribution is -0.147. The molecule has 0 radical (unpaired) electrons. The van der Waals surface area contributed by atoms with Gasteiger partial charge in [-0.15, -0.1) is 0 Å². The summed E-state index contributed by atoms with van der Waals surface area (Å²) in [6.07, 6.45) is 3.20. The Balaban J connectivity index is 1.93. The van der Waals surface area contributed by atoms with E-state index in [0.29, 0.717) is 12.5 Å². The number of nitrogens with one attached hydrogen (secondary N) is 1. The predicted molar refractivity (Wildman–Crippen MR) is 72.8 cm³/mol. The second kappa shape index (κ2) is 6.20. The van der Waals surface area contributed by atoms with Gasteiger partial charge in [-0.2, -0.15) is 0 Å². The first-order valence-electron chi connectivity index (χ1n) is 7.21. The third kappa shape index (κ3) is 3.27. The molecule has 2 N–H and O–H groups in total. The van der Waals surface area contributed by atoms with Crippen LogP contribution in [0.1, 0.15) is 25.7 Å². The van der Waals surface area contributed by atoms with Crippen LogP contribution in [-0.4, -0.2) is 62.4 Å². The molecule has 1 saturated carbocycles. The number of nitrogens with zero attached hydrogens (tertiary/aromatic N) is 1. The molecule has 1 saturated heterocycles. The van der Waals surface area contributed by atoms with Crippen LogP contribution in [0.25, 0.3) is 0 Å². The third-order valence-electron chi connectivity index (χ3n) is 4.52. The molecule has 0 aromatic carbocycles. The summed E-state index contributed by atoms with van der Waals surface area (Å²) in [4.78, 5) is 14.6. The standard InChI is InChI=1S/C14H26N2O3/c1-16(9-11-7-12(17)8-11)13(18)14(10-19-2)3-5-15-6-4-14/h11-12,15,17H,3-10H2,1-2H3. The molecule has 2 fully saturated rings. The molecule has 0 unspecified atom stereocenters. The molecule has 1 heterocycles. The van der Waals surface area contributed by atoms with Gasteiger partial charge in [-0.1, -0.05) is 0 Å². The van der Waals surface area contributed by atoms with Crippen molar-refractivity contribution in [3.05, 3.63) is 0 Å². The van der Waals surface area contributed by atoms with Crippen molar-refractivity contribution >= 4 is 5.91 Å². The summed E-state index contributed by atoms with van der Waals surface area (Å²) in [7, 11) is 3.55. The van der Waals surface area contributed by atoms with Gasteiger partial charge in [0.2, 0.25) is 5.91 Å². The minimum absolute atomic E-state index is 0.152. The van der Waals surface area contributed by atoms with E-state index in [0.717, 1.165) is 45.3 Å². The Hall–Kier alpha value is -0.650. The summed E-state index contributed by atoms with van der Waals surface area (Å²) in [5.74, 6) is 0.669. The van der Waals surface area contributed by atoms with Crippen molar-refractivity contribution in [2.75, 3.05) is 40.4 Å². The van der Waals surface area contributed by atoms with Crippen molar-refractivity contribution in [1.29, 1.82) is 0 Å². The number of aliphatic hydroxyl groups excluding tert-OH is 1. The van der Waals surface area contributed by atoms with E-state index in [-0.39, 0.29) is 17.4 Å². The highest BCUT2D eigenvalue weighted by Crippen LogP contribution is 2.33. The van der Waals surface area contributed by atoms with Crippen molar-refractivity contribution in [2.24, 2.45) is 11.3 Å². The molecule has 1 aliphatic heterocycles. The summed E-state index contributed by atoms with van der Waals surface area (Å²) in [5, 5.41) is 12.6. The van der Waals surface area contributed by atoms with Gasteiger partial charge in [0.05, 0.1) is 18.1 Å². The zero-order valence-corrected chi connectivity index (χ0v) is 12.0. The highest BCUT2D eigenvalue weighted by Gasteiger charge is 2.42. The molecule has 0 spiro atoms.